The lowest BCUT2D eigenvalue weighted by Gasteiger charge is -2.26. The van der Waals surface area contributed by atoms with Gasteiger partial charge in [0.2, 0.25) is 5.91 Å². The molecule has 0 atom stereocenters. The normalized spacial score (nSPS) is 11.2. The van der Waals surface area contributed by atoms with E-state index in [9.17, 15) is 14.4 Å². The van der Waals surface area contributed by atoms with E-state index in [4.69, 9.17) is 5.73 Å². The van der Waals surface area contributed by atoms with Crippen LogP contribution in [0.2, 0.25) is 0 Å². The Labute approximate surface area is 208 Å². The van der Waals surface area contributed by atoms with Crippen LogP contribution in [0.4, 0.5) is 11.5 Å². The van der Waals surface area contributed by atoms with E-state index < -0.39 is 11.2 Å². The minimum atomic E-state index is -0.664. The van der Waals surface area contributed by atoms with Gasteiger partial charge in [0.15, 0.2) is 10.8 Å². The molecule has 35 heavy (non-hydrogen) atoms. The minimum absolute atomic E-state index is 0.00926. The molecule has 0 spiro atoms. The summed E-state index contributed by atoms with van der Waals surface area (Å²) in [5.41, 5.74) is 6.17. The summed E-state index contributed by atoms with van der Waals surface area (Å²) in [5.74, 6) is 0.612. The zero-order valence-electron chi connectivity index (χ0n) is 20.7. The summed E-state index contributed by atoms with van der Waals surface area (Å²) in [6.45, 7) is 6.55. The lowest BCUT2D eigenvalue weighted by molar-refractivity contribution is -0.116. The van der Waals surface area contributed by atoms with Gasteiger partial charge in [-0.25, -0.2) is 4.79 Å². The molecule has 0 radical (unpaired) electrons. The molecule has 11 heteroatoms. The molecule has 3 N–H and O–H groups in total. The number of benzene rings is 1. The molecule has 0 bridgehead atoms. The van der Waals surface area contributed by atoms with Crippen LogP contribution >= 0.6 is 11.8 Å². The Morgan fingerprint density at radius 1 is 1.20 bits per heavy atom. The van der Waals surface area contributed by atoms with Crippen LogP contribution in [0.5, 0.6) is 0 Å². The summed E-state index contributed by atoms with van der Waals surface area (Å²) in [7, 11) is 1.86. The second-order valence-corrected chi connectivity index (χ2v) is 9.75. The van der Waals surface area contributed by atoms with E-state index in [0.29, 0.717) is 18.1 Å². The second-order valence-electron chi connectivity index (χ2n) is 8.81. The summed E-state index contributed by atoms with van der Waals surface area (Å²) >= 11 is 1.25. The molecule has 1 aromatic carbocycles. The van der Waals surface area contributed by atoms with E-state index in [1.165, 1.54) is 21.2 Å². The van der Waals surface area contributed by atoms with E-state index in [2.05, 4.69) is 15.2 Å². The number of nitrogens with zero attached hydrogens (tertiary/aromatic N) is 5. The van der Waals surface area contributed by atoms with Gasteiger partial charge in [0.1, 0.15) is 11.6 Å². The van der Waals surface area contributed by atoms with E-state index in [1.54, 1.807) is 0 Å². The highest BCUT2D eigenvalue weighted by molar-refractivity contribution is 7.99. The largest absolute Gasteiger partial charge is 0.383 e. The fourth-order valence-electron chi connectivity index (χ4n) is 3.67. The van der Waals surface area contributed by atoms with E-state index in [1.807, 2.05) is 62.7 Å². The number of H-pyrrole nitrogens is 1. The Hall–Kier alpha value is -3.34. The first-order valence-corrected chi connectivity index (χ1v) is 12.7. The van der Waals surface area contributed by atoms with Gasteiger partial charge in [-0.2, -0.15) is 0 Å². The van der Waals surface area contributed by atoms with Crippen molar-refractivity contribution in [3.8, 4) is 0 Å². The fraction of sp³-hybridized carbons (Fsp3) is 0.458. The first kappa shape index (κ1) is 26.3. The van der Waals surface area contributed by atoms with E-state index in [0.717, 1.165) is 24.2 Å². The molecule has 1 amide bonds. The van der Waals surface area contributed by atoms with Crippen molar-refractivity contribution in [1.82, 2.24) is 24.3 Å². The molecule has 0 aliphatic carbocycles. The maximum absolute atomic E-state index is 13.3. The lowest BCUT2D eigenvalue weighted by Crippen LogP contribution is -2.43. The number of thioether (sulfide) groups is 1. The summed E-state index contributed by atoms with van der Waals surface area (Å²) in [6.07, 6.45) is 2.21. The molecule has 0 unspecified atom stereocenters. The zero-order valence-corrected chi connectivity index (χ0v) is 21.5. The molecule has 3 aromatic rings. The number of aromatic nitrogens is 5. The number of amides is 1. The van der Waals surface area contributed by atoms with Gasteiger partial charge in [0.05, 0.1) is 5.75 Å². The lowest BCUT2D eigenvalue weighted by atomic mass is 10.1. The number of hydrogen-bond donors (Lipinski definition) is 2. The molecule has 3 rings (SSSR count). The maximum Gasteiger partial charge on any atom is 0.330 e. The average molecular weight is 500 g/mol. The van der Waals surface area contributed by atoms with Gasteiger partial charge >= 0.3 is 5.69 Å². The van der Waals surface area contributed by atoms with Crippen molar-refractivity contribution in [2.24, 2.45) is 13.0 Å². The number of hydrogen-bond acceptors (Lipinski definition) is 7. The molecule has 0 fully saturated rings. The summed E-state index contributed by atoms with van der Waals surface area (Å²) in [5, 5.41) is 9.11. The number of nitrogen functional groups attached to an aromatic ring is 1. The Morgan fingerprint density at radius 2 is 1.91 bits per heavy atom. The van der Waals surface area contributed by atoms with Gasteiger partial charge < -0.3 is 15.2 Å². The summed E-state index contributed by atoms with van der Waals surface area (Å²) < 4.78 is 3.19. The van der Waals surface area contributed by atoms with E-state index >= 15 is 0 Å². The predicted octanol–water partition coefficient (Wildman–Crippen LogP) is 2.42. The highest BCUT2D eigenvalue weighted by Gasteiger charge is 2.25. The number of unbranched alkanes of at least 4 members (excludes halogenated alkanes) is 1. The third-order valence-electron chi connectivity index (χ3n) is 5.52. The highest BCUT2D eigenvalue weighted by atomic mass is 32.2. The molecule has 188 valence electrons. The maximum atomic E-state index is 13.3. The number of carbonyl (C=O) groups excluding carboxylic acids is 1. The smallest absolute Gasteiger partial charge is 0.330 e. The van der Waals surface area contributed by atoms with Gasteiger partial charge in [-0.1, -0.05) is 69.3 Å². The molecule has 0 aliphatic heterocycles. The Balaban J connectivity index is 1.82. The van der Waals surface area contributed by atoms with Crippen LogP contribution in [0, 0.1) is 5.92 Å². The molecule has 0 saturated heterocycles. The van der Waals surface area contributed by atoms with Gasteiger partial charge in [0.25, 0.3) is 5.56 Å². The van der Waals surface area contributed by atoms with Crippen LogP contribution in [0.25, 0.3) is 0 Å². The van der Waals surface area contributed by atoms with Crippen molar-refractivity contribution >= 4 is 29.2 Å². The van der Waals surface area contributed by atoms with Crippen LogP contribution in [0.3, 0.4) is 0 Å². The predicted molar refractivity (Wildman–Crippen MR) is 139 cm³/mol. The molecule has 0 aliphatic rings. The quantitative estimate of drug-likeness (QED) is 0.387. The monoisotopic (exact) mass is 499 g/mol. The van der Waals surface area contributed by atoms with Crippen LogP contribution < -0.4 is 21.9 Å². The third kappa shape index (κ3) is 6.41. The van der Waals surface area contributed by atoms with Crippen LogP contribution in [0.15, 0.2) is 45.1 Å². The molecule has 2 heterocycles. The van der Waals surface area contributed by atoms with Crippen LogP contribution in [0.1, 0.15) is 45.0 Å². The zero-order chi connectivity index (χ0) is 25.5. The first-order chi connectivity index (χ1) is 16.7. The molecule has 10 nitrogen and oxygen atoms in total. The van der Waals surface area contributed by atoms with Crippen molar-refractivity contribution in [2.75, 3.05) is 22.9 Å². The first-order valence-electron chi connectivity index (χ1n) is 11.7. The molecule has 2 aromatic heterocycles. The van der Waals surface area contributed by atoms with Crippen molar-refractivity contribution < 1.29 is 4.79 Å². The Kier molecular flexibility index (Phi) is 8.91. The van der Waals surface area contributed by atoms with Crippen LogP contribution in [-0.4, -0.2) is 42.5 Å². The number of nitrogens with two attached hydrogens (primary N) is 1. The molecular weight excluding hydrogens is 466 g/mol. The van der Waals surface area contributed by atoms with Gasteiger partial charge in [0, 0.05) is 26.6 Å². The molecular formula is C24H33N7O3S. The van der Waals surface area contributed by atoms with Gasteiger partial charge in [-0.3, -0.25) is 19.1 Å². The topological polar surface area (TPSA) is 132 Å². The number of rotatable bonds is 11. The number of anilines is 2. The van der Waals surface area contributed by atoms with E-state index in [-0.39, 0.29) is 35.6 Å². The van der Waals surface area contributed by atoms with Crippen molar-refractivity contribution in [3.63, 3.8) is 0 Å². The average Bonchev–Trinajstić information content (AvgIpc) is 3.16. The van der Waals surface area contributed by atoms with Gasteiger partial charge in [-0.15, -0.1) is 10.2 Å². The fourth-order valence-corrected chi connectivity index (χ4v) is 4.47. The summed E-state index contributed by atoms with van der Waals surface area (Å²) in [6, 6.07) is 9.96. The van der Waals surface area contributed by atoms with Crippen molar-refractivity contribution in [1.29, 1.82) is 0 Å². The Morgan fingerprint density at radius 3 is 2.57 bits per heavy atom. The van der Waals surface area contributed by atoms with Crippen molar-refractivity contribution in [3.05, 3.63) is 62.6 Å². The minimum Gasteiger partial charge on any atom is -0.383 e. The summed E-state index contributed by atoms with van der Waals surface area (Å²) in [4.78, 5) is 42.1. The highest BCUT2D eigenvalue weighted by Crippen LogP contribution is 2.23. The van der Waals surface area contributed by atoms with Crippen LogP contribution in [-0.2, 0) is 24.8 Å². The number of aromatic amines is 1. The van der Waals surface area contributed by atoms with Gasteiger partial charge in [-0.05, 0) is 17.9 Å². The van der Waals surface area contributed by atoms with Crippen molar-refractivity contribution in [2.45, 2.75) is 51.7 Å². The standard InChI is InChI=1S/C24H33N7O3S/c1-5-6-12-30-21(25)20(22(33)26-23(30)34)31(14-16(2)3)19(32)15-35-24-28-27-18(29(24)4)13-17-10-8-7-9-11-17/h7-11,16H,5-6,12-15,25H2,1-4H3,(H,26,33,34). The molecule has 0 saturated carbocycles. The Bertz CT molecular complexity index is 1260. The SMILES string of the molecule is CCCCn1c(N)c(N(CC(C)C)C(=O)CSc2nnc(Cc3ccccc3)n2C)c(=O)[nH]c1=O. The number of carbonyl (C=O) groups is 1. The number of nitrogens with one attached hydrogen (secondary N) is 1. The second kappa shape index (κ2) is 11.9. The third-order valence-corrected chi connectivity index (χ3v) is 6.53.